The number of thiazole rings is 1. The molecule has 2 aromatic rings. The van der Waals surface area contributed by atoms with Gasteiger partial charge in [0, 0.05) is 20.9 Å². The molecule has 150 valence electrons. The van der Waals surface area contributed by atoms with E-state index in [0.717, 1.165) is 21.2 Å². The molecule has 2 bridgehead atoms. The lowest BCUT2D eigenvalue weighted by Gasteiger charge is -2.42. The van der Waals surface area contributed by atoms with Crippen LogP contribution >= 0.6 is 34.4 Å². The summed E-state index contributed by atoms with van der Waals surface area (Å²) in [6.45, 7) is -0.554. The maximum atomic E-state index is 13.0. The maximum absolute atomic E-state index is 13.0. The summed E-state index contributed by atoms with van der Waals surface area (Å²) in [5.41, 5.74) is 0. The van der Waals surface area contributed by atoms with Crippen LogP contribution in [-0.4, -0.2) is 44.6 Å². The highest BCUT2D eigenvalue weighted by molar-refractivity contribution is 8.00. The number of aliphatic carboxylic acids is 1. The Bertz CT molecular complexity index is 1110. The number of imide groups is 1. The third-order valence-corrected chi connectivity index (χ3v) is 10.5. The number of likely N-dealkylation sites (tertiary alicyclic amines) is 1. The van der Waals surface area contributed by atoms with Gasteiger partial charge < -0.3 is 10.1 Å². The van der Waals surface area contributed by atoms with E-state index >= 15 is 0 Å². The van der Waals surface area contributed by atoms with Gasteiger partial charge in [-0.2, -0.15) is 0 Å². The predicted octanol–water partition coefficient (Wildman–Crippen LogP) is 2.06. The fraction of sp³-hybridized carbons (Fsp3) is 0.474. The first-order valence-corrected chi connectivity index (χ1v) is 12.0. The normalized spacial score (nSPS) is 37.0. The van der Waals surface area contributed by atoms with Gasteiger partial charge in [0.05, 0.1) is 16.9 Å². The number of H-pyrrole nitrogens is 1. The van der Waals surface area contributed by atoms with Gasteiger partial charge in [0.1, 0.15) is 6.54 Å². The number of aromatic amines is 1. The lowest BCUT2D eigenvalue weighted by molar-refractivity contribution is -0.149. The zero-order valence-corrected chi connectivity index (χ0v) is 17.4. The lowest BCUT2D eigenvalue weighted by atomic mass is 9.69. The van der Waals surface area contributed by atoms with E-state index in [9.17, 15) is 19.2 Å². The lowest BCUT2D eigenvalue weighted by Crippen LogP contribution is -2.42. The van der Waals surface area contributed by atoms with E-state index < -0.39 is 24.3 Å². The Labute approximate surface area is 177 Å². The van der Waals surface area contributed by atoms with Gasteiger partial charge in [-0.05, 0) is 35.6 Å². The molecule has 7 atom stereocenters. The molecular weight excluding hydrogens is 432 g/mol. The van der Waals surface area contributed by atoms with E-state index in [0.29, 0.717) is 0 Å². The molecular formula is C19H16N2O5S3. The molecule has 0 radical (unpaired) electrons. The number of nitrogens with one attached hydrogen (secondary N) is 1. The molecule has 2 aliphatic carbocycles. The highest BCUT2D eigenvalue weighted by Gasteiger charge is 2.69. The first-order chi connectivity index (χ1) is 14.0. The number of thioether (sulfide) groups is 1. The van der Waals surface area contributed by atoms with Crippen LogP contribution in [0.5, 0.6) is 0 Å². The van der Waals surface area contributed by atoms with Gasteiger partial charge in [-0.3, -0.25) is 24.1 Å². The summed E-state index contributed by atoms with van der Waals surface area (Å²) in [6.07, 6.45) is 0.817. The summed E-state index contributed by atoms with van der Waals surface area (Å²) in [7, 11) is 0. The van der Waals surface area contributed by atoms with Gasteiger partial charge in [-0.15, -0.1) is 23.1 Å². The van der Waals surface area contributed by atoms with E-state index in [2.05, 4.69) is 11.1 Å². The summed E-state index contributed by atoms with van der Waals surface area (Å²) in [5.74, 6) is -2.36. The number of nitrogens with zero attached hydrogens (tertiary/aromatic N) is 1. The molecule has 7 nitrogen and oxygen atoms in total. The molecule has 10 heteroatoms. The Balaban J connectivity index is 1.45. The van der Waals surface area contributed by atoms with Crippen molar-refractivity contribution in [3.05, 3.63) is 36.9 Å². The van der Waals surface area contributed by atoms with Gasteiger partial charge in [0.15, 0.2) is 0 Å². The van der Waals surface area contributed by atoms with Crippen molar-refractivity contribution in [1.82, 2.24) is 9.88 Å². The second-order valence-electron chi connectivity index (χ2n) is 8.13. The number of amides is 2. The number of carboxylic acids is 1. The van der Waals surface area contributed by atoms with Crippen molar-refractivity contribution in [2.45, 2.75) is 22.6 Å². The number of hydrogen-bond donors (Lipinski definition) is 2. The average Bonchev–Trinajstić information content (AvgIpc) is 3.45. The Morgan fingerprint density at radius 1 is 1.21 bits per heavy atom. The fourth-order valence-electron chi connectivity index (χ4n) is 6.16. The molecule has 2 aliphatic heterocycles. The van der Waals surface area contributed by atoms with Gasteiger partial charge in [0.25, 0.3) is 0 Å². The minimum atomic E-state index is -1.16. The summed E-state index contributed by atoms with van der Waals surface area (Å²) in [6, 6.07) is 4.08. The van der Waals surface area contributed by atoms with Crippen LogP contribution in [-0.2, 0) is 14.4 Å². The standard InChI is InChI=1S/C19H16N2O5S3/c22-9(23)5-21-17(24)11-6-4-7(12(11)18(21)25)14-10(6)13(8-2-1-3-27-8)15-16(28-14)20-19(26)29-15/h1-3,6-7,10-14H,4-5H2,(H,20,26)(H,22,23)/t6-,7-,10-,11+,12-,13-,14+/m1/s1. The molecule has 6 rings (SSSR count). The number of aromatic nitrogens is 1. The van der Waals surface area contributed by atoms with Gasteiger partial charge in [-0.1, -0.05) is 17.4 Å². The molecule has 2 saturated carbocycles. The number of thiophene rings is 1. The van der Waals surface area contributed by atoms with Crippen molar-refractivity contribution < 1.29 is 19.5 Å². The smallest absolute Gasteiger partial charge is 0.323 e. The molecule has 0 unspecified atom stereocenters. The van der Waals surface area contributed by atoms with Crippen LogP contribution in [0.2, 0.25) is 0 Å². The number of fused-ring (bicyclic) bond motifs is 9. The molecule has 2 aromatic heterocycles. The Morgan fingerprint density at radius 3 is 2.66 bits per heavy atom. The van der Waals surface area contributed by atoms with Crippen molar-refractivity contribution in [2.24, 2.45) is 29.6 Å². The van der Waals surface area contributed by atoms with E-state index in [1.165, 1.54) is 16.2 Å². The monoisotopic (exact) mass is 448 g/mol. The van der Waals surface area contributed by atoms with Gasteiger partial charge >= 0.3 is 10.8 Å². The summed E-state index contributed by atoms with van der Waals surface area (Å²) in [4.78, 5) is 55.3. The summed E-state index contributed by atoms with van der Waals surface area (Å²) < 4.78 is 0. The number of rotatable bonds is 3. The maximum Gasteiger partial charge on any atom is 0.323 e. The minimum absolute atomic E-state index is 0.0364. The van der Waals surface area contributed by atoms with Gasteiger partial charge in [0.2, 0.25) is 11.8 Å². The first-order valence-electron chi connectivity index (χ1n) is 9.45. The zero-order valence-electron chi connectivity index (χ0n) is 14.9. The van der Waals surface area contributed by atoms with Crippen LogP contribution in [0.4, 0.5) is 0 Å². The van der Waals surface area contributed by atoms with Crippen molar-refractivity contribution >= 4 is 52.2 Å². The quantitative estimate of drug-likeness (QED) is 0.696. The number of carbonyl (C=O) groups is 3. The third-order valence-electron chi connectivity index (χ3n) is 6.96. The highest BCUT2D eigenvalue weighted by Crippen LogP contribution is 2.68. The molecule has 2 N–H and O–H groups in total. The SMILES string of the molecule is O=C(O)CN1C(=O)[C@@H]2[C@H]3C[C@@H]([C@@H]2C1=O)[C@@H]1[C@@H](c2cccs2)c2sc(=O)[nH]c2S[C@@H]31. The van der Waals surface area contributed by atoms with Crippen LogP contribution in [0.1, 0.15) is 22.1 Å². The van der Waals surface area contributed by atoms with Crippen molar-refractivity contribution in [2.75, 3.05) is 6.54 Å². The Hall–Kier alpha value is -1.91. The highest BCUT2D eigenvalue weighted by atomic mass is 32.2. The second-order valence-corrected chi connectivity index (χ2v) is 11.3. The molecule has 0 spiro atoms. The fourth-order valence-corrected chi connectivity index (χ4v) is 10.0. The number of carboxylic acid groups (broad SMARTS) is 1. The van der Waals surface area contributed by atoms with Crippen LogP contribution in [0.25, 0.3) is 0 Å². The number of hydrogen-bond acceptors (Lipinski definition) is 7. The van der Waals surface area contributed by atoms with E-state index in [4.69, 9.17) is 5.11 Å². The molecule has 3 fully saturated rings. The Morgan fingerprint density at radius 2 is 1.97 bits per heavy atom. The molecule has 4 heterocycles. The molecule has 2 amide bonds. The molecule has 4 aliphatic rings. The van der Waals surface area contributed by atoms with Crippen molar-refractivity contribution in [3.8, 4) is 0 Å². The van der Waals surface area contributed by atoms with Gasteiger partial charge in [-0.25, -0.2) is 0 Å². The van der Waals surface area contributed by atoms with Crippen LogP contribution in [0.3, 0.4) is 0 Å². The first kappa shape index (κ1) is 17.9. The predicted molar refractivity (Wildman–Crippen MR) is 107 cm³/mol. The van der Waals surface area contributed by atoms with Crippen LogP contribution in [0, 0.1) is 29.6 Å². The minimum Gasteiger partial charge on any atom is -0.480 e. The summed E-state index contributed by atoms with van der Waals surface area (Å²) in [5, 5.41) is 12.2. The van der Waals surface area contributed by atoms with E-state index in [1.807, 2.05) is 11.4 Å². The van der Waals surface area contributed by atoms with Crippen molar-refractivity contribution in [1.29, 1.82) is 0 Å². The summed E-state index contributed by atoms with van der Waals surface area (Å²) >= 11 is 4.54. The molecule has 0 aromatic carbocycles. The Kier molecular flexibility index (Phi) is 3.74. The third kappa shape index (κ3) is 2.30. The topological polar surface area (TPSA) is 108 Å². The molecule has 29 heavy (non-hydrogen) atoms. The average molecular weight is 449 g/mol. The van der Waals surface area contributed by atoms with E-state index in [-0.39, 0.29) is 45.6 Å². The second kappa shape index (κ2) is 6.05. The number of carbonyl (C=O) groups excluding carboxylic acids is 2. The zero-order chi connectivity index (χ0) is 20.0. The van der Waals surface area contributed by atoms with E-state index in [1.54, 1.807) is 23.1 Å². The largest absolute Gasteiger partial charge is 0.480 e. The van der Waals surface area contributed by atoms with Crippen LogP contribution in [0.15, 0.2) is 27.3 Å². The van der Waals surface area contributed by atoms with Crippen molar-refractivity contribution in [3.63, 3.8) is 0 Å². The van der Waals surface area contributed by atoms with Crippen LogP contribution < -0.4 is 4.87 Å². The molecule has 1 saturated heterocycles.